The molecule has 0 atom stereocenters. The lowest BCUT2D eigenvalue weighted by molar-refractivity contribution is -0.154. The summed E-state index contributed by atoms with van der Waals surface area (Å²) in [7, 11) is -4.32. The molecule has 0 rings (SSSR count). The highest BCUT2D eigenvalue weighted by Gasteiger charge is 2.19. The maximum absolute atomic E-state index is 10.7. The molecule has 8 heteroatoms. The number of hydrogen-bond donors (Lipinski definition) is 3. The van der Waals surface area contributed by atoms with E-state index in [-0.39, 0.29) is 6.61 Å². The van der Waals surface area contributed by atoms with Crippen LogP contribution in [0.1, 0.15) is 6.92 Å². The molecule has 7 nitrogen and oxygen atoms in total. The van der Waals surface area contributed by atoms with Gasteiger partial charge in [-0.25, -0.2) is 4.79 Å². The van der Waals surface area contributed by atoms with Crippen molar-refractivity contribution in [1.29, 1.82) is 0 Å². The lowest BCUT2D eigenvalue weighted by Gasteiger charge is -2.05. The van der Waals surface area contributed by atoms with Crippen molar-refractivity contribution in [1.82, 2.24) is 5.32 Å². The van der Waals surface area contributed by atoms with Crippen LogP contribution in [0.3, 0.4) is 0 Å². The molecular weight excluding hydrogens is 201 g/mol. The van der Waals surface area contributed by atoms with Crippen LogP contribution in [0, 0.1) is 0 Å². The van der Waals surface area contributed by atoms with E-state index in [1.165, 1.54) is 6.92 Å². The van der Waals surface area contributed by atoms with Gasteiger partial charge in [0.2, 0.25) is 0 Å². The number of carbonyl (C=O) groups is 2. The molecule has 3 N–H and O–H groups in total. The van der Waals surface area contributed by atoms with E-state index in [1.54, 1.807) is 5.32 Å². The molecule has 0 aliphatic carbocycles. The fourth-order valence-corrected chi connectivity index (χ4v) is 0.793. The van der Waals surface area contributed by atoms with Gasteiger partial charge in [-0.15, -0.1) is 0 Å². The van der Waals surface area contributed by atoms with Gasteiger partial charge in [-0.1, -0.05) is 0 Å². The normalized spacial score (nSPS) is 10.7. The van der Waals surface area contributed by atoms with Crippen molar-refractivity contribution < 1.29 is 28.7 Å². The van der Waals surface area contributed by atoms with Crippen molar-refractivity contribution in [3.63, 3.8) is 0 Å². The van der Waals surface area contributed by atoms with E-state index in [0.29, 0.717) is 0 Å². The summed E-state index contributed by atoms with van der Waals surface area (Å²) < 4.78 is 14.5. The van der Waals surface area contributed by atoms with E-state index in [4.69, 9.17) is 9.79 Å². The predicted octanol–water partition coefficient (Wildman–Crippen LogP) is -1.20. The average Bonchev–Trinajstić information content (AvgIpc) is 1.99. The summed E-state index contributed by atoms with van der Waals surface area (Å²) in [5, 5.41) is 1.73. The van der Waals surface area contributed by atoms with E-state index in [9.17, 15) is 14.2 Å². The van der Waals surface area contributed by atoms with Crippen molar-refractivity contribution in [2.24, 2.45) is 0 Å². The van der Waals surface area contributed by atoms with Crippen LogP contribution in [0.4, 0.5) is 0 Å². The molecule has 0 spiro atoms. The molecule has 0 saturated heterocycles. The molecule has 0 aliphatic rings. The van der Waals surface area contributed by atoms with Gasteiger partial charge < -0.3 is 19.8 Å². The van der Waals surface area contributed by atoms with Gasteiger partial charge in [0, 0.05) is 0 Å². The van der Waals surface area contributed by atoms with Crippen LogP contribution in [0.2, 0.25) is 0 Å². The molecule has 13 heavy (non-hydrogen) atoms. The second-order valence-electron chi connectivity index (χ2n) is 2.05. The van der Waals surface area contributed by atoms with Gasteiger partial charge in [0.25, 0.3) is 0 Å². The van der Waals surface area contributed by atoms with Crippen LogP contribution in [0.15, 0.2) is 0 Å². The van der Waals surface area contributed by atoms with Crippen LogP contribution in [-0.4, -0.2) is 34.6 Å². The van der Waals surface area contributed by atoms with E-state index in [1.807, 2.05) is 0 Å². The van der Waals surface area contributed by atoms with Crippen LogP contribution in [-0.2, 0) is 18.9 Å². The number of nitrogens with one attached hydrogen (secondary N) is 1. The minimum atomic E-state index is -4.32. The lowest BCUT2D eigenvalue weighted by atomic mass is 10.6. The maximum atomic E-state index is 10.7. The highest BCUT2D eigenvalue weighted by atomic mass is 31.2. The Morgan fingerprint density at radius 2 is 2.00 bits per heavy atom. The monoisotopic (exact) mass is 211 g/mol. The second-order valence-corrected chi connectivity index (χ2v) is 3.69. The first kappa shape index (κ1) is 12.1. The minimum absolute atomic E-state index is 0.0299. The molecule has 0 aromatic heterocycles. The standard InChI is InChI=1S/C5H10NO6P/c1-2-12-5(8)4(7)6-3-13(9,10)11/h2-3H2,1H3,(H,6,7)(H2,9,10,11). The quantitative estimate of drug-likeness (QED) is 0.307. The minimum Gasteiger partial charge on any atom is -0.459 e. The molecular formula is C5H10NO6P. The third-order valence-corrected chi connectivity index (χ3v) is 1.48. The number of carbonyl (C=O) groups excluding carboxylic acids is 2. The summed E-state index contributed by atoms with van der Waals surface area (Å²) in [5.74, 6) is -2.32. The molecule has 0 aromatic carbocycles. The molecule has 0 bridgehead atoms. The Morgan fingerprint density at radius 3 is 2.38 bits per heavy atom. The van der Waals surface area contributed by atoms with E-state index >= 15 is 0 Å². The summed E-state index contributed by atoms with van der Waals surface area (Å²) in [6.45, 7) is 1.54. The van der Waals surface area contributed by atoms with Gasteiger partial charge in [0.15, 0.2) is 0 Å². The zero-order valence-electron chi connectivity index (χ0n) is 6.89. The maximum Gasteiger partial charge on any atom is 0.396 e. The highest BCUT2D eigenvalue weighted by Crippen LogP contribution is 2.31. The summed E-state index contributed by atoms with van der Waals surface area (Å²) in [4.78, 5) is 37.9. The van der Waals surface area contributed by atoms with E-state index in [2.05, 4.69) is 4.74 Å². The Bertz CT molecular complexity index is 245. The van der Waals surface area contributed by atoms with Gasteiger partial charge in [0.05, 0.1) is 6.61 Å². The molecule has 0 saturated carbocycles. The Labute approximate surface area is 74.2 Å². The fraction of sp³-hybridized carbons (Fsp3) is 0.600. The van der Waals surface area contributed by atoms with Crippen molar-refractivity contribution in [3.05, 3.63) is 0 Å². The van der Waals surface area contributed by atoms with Crippen molar-refractivity contribution in [2.75, 3.05) is 12.9 Å². The predicted molar refractivity (Wildman–Crippen MR) is 41.7 cm³/mol. The van der Waals surface area contributed by atoms with Crippen LogP contribution in [0.5, 0.6) is 0 Å². The Balaban J connectivity index is 3.89. The SMILES string of the molecule is CCOC(=O)C(=O)NCP(=O)(O)O. The molecule has 0 radical (unpaired) electrons. The number of ether oxygens (including phenoxy) is 1. The van der Waals surface area contributed by atoms with Gasteiger partial charge in [-0.3, -0.25) is 9.36 Å². The zero-order valence-corrected chi connectivity index (χ0v) is 7.78. The average molecular weight is 211 g/mol. The fourth-order valence-electron chi connectivity index (χ4n) is 0.444. The lowest BCUT2D eigenvalue weighted by Crippen LogP contribution is -2.33. The first-order valence-corrected chi connectivity index (χ1v) is 5.16. The van der Waals surface area contributed by atoms with Gasteiger partial charge >= 0.3 is 19.5 Å². The smallest absolute Gasteiger partial charge is 0.396 e. The van der Waals surface area contributed by atoms with E-state index < -0.39 is 25.8 Å². The van der Waals surface area contributed by atoms with Crippen molar-refractivity contribution >= 4 is 19.5 Å². The van der Waals surface area contributed by atoms with E-state index in [0.717, 1.165) is 0 Å². The van der Waals surface area contributed by atoms with Crippen molar-refractivity contribution in [2.45, 2.75) is 6.92 Å². The molecule has 0 fully saturated rings. The summed E-state index contributed by atoms with van der Waals surface area (Å²) in [5.41, 5.74) is 0. The Morgan fingerprint density at radius 1 is 1.46 bits per heavy atom. The third-order valence-electron chi connectivity index (χ3n) is 0.906. The number of rotatable bonds is 3. The first-order chi connectivity index (χ1) is 5.87. The largest absolute Gasteiger partial charge is 0.459 e. The number of esters is 1. The third kappa shape index (κ3) is 6.27. The molecule has 0 unspecified atom stereocenters. The number of hydrogen-bond acceptors (Lipinski definition) is 4. The molecule has 1 amide bonds. The van der Waals surface area contributed by atoms with Gasteiger partial charge in [-0.05, 0) is 6.92 Å². The second kappa shape index (κ2) is 4.96. The molecule has 0 aromatic rings. The first-order valence-electron chi connectivity index (χ1n) is 3.36. The summed E-state index contributed by atoms with van der Waals surface area (Å²) >= 11 is 0. The highest BCUT2D eigenvalue weighted by molar-refractivity contribution is 7.51. The van der Waals surface area contributed by atoms with Crippen LogP contribution in [0.25, 0.3) is 0 Å². The number of amides is 1. The Kier molecular flexibility index (Phi) is 4.61. The van der Waals surface area contributed by atoms with Gasteiger partial charge in [-0.2, -0.15) is 0 Å². The topological polar surface area (TPSA) is 113 Å². The molecule has 0 heterocycles. The summed E-state index contributed by atoms with van der Waals surface area (Å²) in [6.07, 6.45) is -0.870. The molecule has 76 valence electrons. The molecule has 0 aliphatic heterocycles. The Hall–Kier alpha value is -0.910. The van der Waals surface area contributed by atoms with Crippen LogP contribution < -0.4 is 5.32 Å². The van der Waals surface area contributed by atoms with Crippen LogP contribution >= 0.6 is 7.60 Å². The van der Waals surface area contributed by atoms with Gasteiger partial charge in [0.1, 0.15) is 6.29 Å². The zero-order chi connectivity index (χ0) is 10.5. The summed E-state index contributed by atoms with van der Waals surface area (Å²) in [6, 6.07) is 0. The van der Waals surface area contributed by atoms with Crippen molar-refractivity contribution in [3.8, 4) is 0 Å².